The summed E-state index contributed by atoms with van der Waals surface area (Å²) in [6, 6.07) is 6.11. The van der Waals surface area contributed by atoms with Crippen molar-refractivity contribution in [1.29, 1.82) is 0 Å². The molecule has 0 saturated heterocycles. The van der Waals surface area contributed by atoms with Gasteiger partial charge in [-0.3, -0.25) is 0 Å². The van der Waals surface area contributed by atoms with Crippen LogP contribution in [0.3, 0.4) is 0 Å². The Labute approximate surface area is 92.2 Å². The van der Waals surface area contributed by atoms with Crippen LogP contribution in [0.5, 0.6) is 5.75 Å². The molecule has 13 heavy (non-hydrogen) atoms. The fraction of sp³-hybridized carbons (Fsp3) is 0.400. The van der Waals surface area contributed by atoms with Gasteiger partial charge in [-0.25, -0.2) is 0 Å². The summed E-state index contributed by atoms with van der Waals surface area (Å²) in [5.41, 5.74) is 1.29. The lowest BCUT2D eigenvalue weighted by Crippen LogP contribution is -1.89. The number of hydrogen-bond donors (Lipinski definition) is 0. The number of methoxy groups -OCH3 is 1. The van der Waals surface area contributed by atoms with Crippen LogP contribution in [0, 0.1) is 0 Å². The zero-order valence-electron chi connectivity index (χ0n) is 7.52. The van der Waals surface area contributed by atoms with Crippen molar-refractivity contribution < 1.29 is 4.74 Å². The first kappa shape index (κ1) is 10.9. The van der Waals surface area contributed by atoms with Gasteiger partial charge in [-0.2, -0.15) is 0 Å². The molecule has 1 rings (SSSR count). The third kappa shape index (κ3) is 3.20. The molecule has 3 heteroatoms. The molecule has 0 spiro atoms. The van der Waals surface area contributed by atoms with Gasteiger partial charge in [0.05, 0.1) is 11.6 Å². The first-order chi connectivity index (χ1) is 6.27. The molecular formula is C10H12BrClO. The lowest BCUT2D eigenvalue weighted by Gasteiger charge is -2.05. The maximum absolute atomic E-state index is 5.61. The Kier molecular flexibility index (Phi) is 4.60. The number of halogens is 2. The predicted molar refractivity (Wildman–Crippen MR) is 59.7 cm³/mol. The van der Waals surface area contributed by atoms with Crippen molar-refractivity contribution in [3.05, 3.63) is 28.2 Å². The quantitative estimate of drug-likeness (QED) is 0.754. The molecule has 0 fully saturated rings. The summed E-state index contributed by atoms with van der Waals surface area (Å²) in [5, 5.41) is 0. The first-order valence-corrected chi connectivity index (χ1v) is 5.49. The van der Waals surface area contributed by atoms with E-state index in [9.17, 15) is 0 Å². The zero-order valence-corrected chi connectivity index (χ0v) is 9.86. The van der Waals surface area contributed by atoms with Crippen LogP contribution in [0.2, 0.25) is 0 Å². The van der Waals surface area contributed by atoms with Gasteiger partial charge in [0.15, 0.2) is 0 Å². The zero-order chi connectivity index (χ0) is 9.68. The summed E-state index contributed by atoms with van der Waals surface area (Å²) in [4.78, 5) is 0. The molecule has 0 atom stereocenters. The highest BCUT2D eigenvalue weighted by Crippen LogP contribution is 2.25. The molecule has 0 amide bonds. The Hall–Kier alpha value is -0.210. The average Bonchev–Trinajstić information content (AvgIpc) is 2.15. The number of aryl methyl sites for hydroxylation is 1. The molecule has 0 aromatic heterocycles. The van der Waals surface area contributed by atoms with E-state index in [1.165, 1.54) is 5.56 Å². The van der Waals surface area contributed by atoms with Crippen LogP contribution in [0.1, 0.15) is 12.0 Å². The van der Waals surface area contributed by atoms with Crippen molar-refractivity contribution in [3.8, 4) is 5.75 Å². The first-order valence-electron chi connectivity index (χ1n) is 4.16. The van der Waals surface area contributed by atoms with E-state index in [2.05, 4.69) is 28.1 Å². The van der Waals surface area contributed by atoms with Crippen molar-refractivity contribution >= 4 is 27.5 Å². The van der Waals surface area contributed by atoms with Crippen molar-refractivity contribution in [2.45, 2.75) is 12.8 Å². The van der Waals surface area contributed by atoms with Crippen LogP contribution in [0.15, 0.2) is 22.7 Å². The Morgan fingerprint density at radius 2 is 2.23 bits per heavy atom. The largest absolute Gasteiger partial charge is 0.496 e. The summed E-state index contributed by atoms with van der Waals surface area (Å²) in [5.74, 6) is 1.58. The van der Waals surface area contributed by atoms with Crippen LogP contribution in [0.25, 0.3) is 0 Å². The molecule has 72 valence electrons. The number of alkyl halides is 1. The summed E-state index contributed by atoms with van der Waals surface area (Å²) >= 11 is 9.05. The van der Waals surface area contributed by atoms with Gasteiger partial charge < -0.3 is 4.74 Å². The number of benzene rings is 1. The van der Waals surface area contributed by atoms with Gasteiger partial charge in [-0.05, 0) is 46.5 Å². The van der Waals surface area contributed by atoms with Gasteiger partial charge in [0.25, 0.3) is 0 Å². The highest BCUT2D eigenvalue weighted by molar-refractivity contribution is 9.10. The summed E-state index contributed by atoms with van der Waals surface area (Å²) < 4.78 is 6.13. The Bertz CT molecular complexity index is 276. The summed E-state index contributed by atoms with van der Waals surface area (Å²) in [6.45, 7) is 0. The molecule has 0 unspecified atom stereocenters. The van der Waals surface area contributed by atoms with Crippen LogP contribution in [0.4, 0.5) is 0 Å². The predicted octanol–water partition coefficient (Wildman–Crippen LogP) is 3.63. The van der Waals surface area contributed by atoms with Gasteiger partial charge in [0.2, 0.25) is 0 Å². The third-order valence-corrected chi connectivity index (χ3v) is 2.70. The maximum Gasteiger partial charge on any atom is 0.133 e. The lowest BCUT2D eigenvalue weighted by molar-refractivity contribution is 0.412. The minimum absolute atomic E-state index is 0.712. The maximum atomic E-state index is 5.61. The van der Waals surface area contributed by atoms with Gasteiger partial charge in [0.1, 0.15) is 5.75 Å². The van der Waals surface area contributed by atoms with Crippen LogP contribution in [-0.2, 0) is 6.42 Å². The van der Waals surface area contributed by atoms with Crippen LogP contribution >= 0.6 is 27.5 Å². The smallest absolute Gasteiger partial charge is 0.133 e. The second-order valence-corrected chi connectivity index (χ2v) is 3.99. The van der Waals surface area contributed by atoms with Gasteiger partial charge in [-0.15, -0.1) is 11.6 Å². The average molecular weight is 264 g/mol. The van der Waals surface area contributed by atoms with E-state index in [1.54, 1.807) is 7.11 Å². The molecule has 0 heterocycles. The van der Waals surface area contributed by atoms with E-state index in [4.69, 9.17) is 16.3 Å². The number of hydrogen-bond acceptors (Lipinski definition) is 1. The summed E-state index contributed by atoms with van der Waals surface area (Å²) in [7, 11) is 1.67. The minimum atomic E-state index is 0.712. The molecule has 0 aliphatic rings. The van der Waals surface area contributed by atoms with Crippen LogP contribution in [-0.4, -0.2) is 13.0 Å². The van der Waals surface area contributed by atoms with E-state index in [0.717, 1.165) is 23.1 Å². The molecule has 1 nitrogen and oxygen atoms in total. The van der Waals surface area contributed by atoms with Crippen molar-refractivity contribution in [1.82, 2.24) is 0 Å². The third-order valence-electron chi connectivity index (χ3n) is 1.82. The van der Waals surface area contributed by atoms with Crippen LogP contribution < -0.4 is 4.74 Å². The lowest BCUT2D eigenvalue weighted by atomic mass is 10.1. The highest BCUT2D eigenvalue weighted by atomic mass is 79.9. The molecule has 0 radical (unpaired) electrons. The van der Waals surface area contributed by atoms with Crippen molar-refractivity contribution in [2.24, 2.45) is 0 Å². The molecule has 1 aromatic carbocycles. The van der Waals surface area contributed by atoms with Gasteiger partial charge >= 0.3 is 0 Å². The number of ether oxygens (including phenoxy) is 1. The molecule has 0 N–H and O–H groups in total. The molecule has 0 aliphatic carbocycles. The fourth-order valence-electron chi connectivity index (χ4n) is 1.14. The Morgan fingerprint density at radius 3 is 2.77 bits per heavy atom. The second kappa shape index (κ2) is 5.51. The van der Waals surface area contributed by atoms with E-state index >= 15 is 0 Å². The monoisotopic (exact) mass is 262 g/mol. The van der Waals surface area contributed by atoms with Crippen molar-refractivity contribution in [3.63, 3.8) is 0 Å². The topological polar surface area (TPSA) is 9.23 Å². The Morgan fingerprint density at radius 1 is 1.46 bits per heavy atom. The van der Waals surface area contributed by atoms with Gasteiger partial charge in [0, 0.05) is 5.88 Å². The van der Waals surface area contributed by atoms with Gasteiger partial charge in [-0.1, -0.05) is 6.07 Å². The van der Waals surface area contributed by atoms with E-state index < -0.39 is 0 Å². The molecule has 0 bridgehead atoms. The molecule has 0 aliphatic heterocycles. The standard InChI is InChI=1S/C10H12BrClO/c1-13-10-5-4-8(3-2-6-12)7-9(10)11/h4-5,7H,2-3,6H2,1H3. The molecular weight excluding hydrogens is 251 g/mol. The number of rotatable bonds is 4. The molecule has 0 saturated carbocycles. The summed E-state index contributed by atoms with van der Waals surface area (Å²) in [6.07, 6.45) is 2.03. The Balaban J connectivity index is 2.71. The normalized spacial score (nSPS) is 10.1. The van der Waals surface area contributed by atoms with E-state index in [1.807, 2.05) is 6.07 Å². The van der Waals surface area contributed by atoms with Crippen molar-refractivity contribution in [2.75, 3.05) is 13.0 Å². The minimum Gasteiger partial charge on any atom is -0.496 e. The fourth-order valence-corrected chi connectivity index (χ4v) is 1.86. The van der Waals surface area contributed by atoms with E-state index in [-0.39, 0.29) is 0 Å². The SMILES string of the molecule is COc1ccc(CCCCl)cc1Br. The molecule has 1 aromatic rings. The van der Waals surface area contributed by atoms with E-state index in [0.29, 0.717) is 5.88 Å². The highest BCUT2D eigenvalue weighted by Gasteiger charge is 2.00. The second-order valence-electron chi connectivity index (χ2n) is 2.76.